The van der Waals surface area contributed by atoms with Gasteiger partial charge in [-0.1, -0.05) is 12.8 Å². The van der Waals surface area contributed by atoms with Crippen LogP contribution in [0, 0.1) is 0 Å². The Morgan fingerprint density at radius 2 is 1.95 bits per heavy atom. The molecule has 0 spiro atoms. The molecule has 1 aromatic heterocycles. The van der Waals surface area contributed by atoms with Crippen molar-refractivity contribution in [3.8, 4) is 0 Å². The van der Waals surface area contributed by atoms with E-state index in [-0.39, 0.29) is 0 Å². The summed E-state index contributed by atoms with van der Waals surface area (Å²) in [5, 5.41) is 10.4. The zero-order valence-electron chi connectivity index (χ0n) is 11.4. The standard InChI is InChI=1S/C14H23N5/c1-2-5-11(4-1)19-14-8-13(17-10-18-14)16-9-12-6-3-7-15-12/h8,10-12,15H,1-7,9H2,(H2,16,17,18,19). The van der Waals surface area contributed by atoms with Crippen molar-refractivity contribution in [3.63, 3.8) is 0 Å². The quantitative estimate of drug-likeness (QED) is 0.756. The van der Waals surface area contributed by atoms with Gasteiger partial charge in [0.1, 0.15) is 18.0 Å². The largest absolute Gasteiger partial charge is 0.368 e. The van der Waals surface area contributed by atoms with Gasteiger partial charge in [0.25, 0.3) is 0 Å². The van der Waals surface area contributed by atoms with E-state index in [1.807, 2.05) is 6.07 Å². The fourth-order valence-corrected chi connectivity index (χ4v) is 2.97. The van der Waals surface area contributed by atoms with Gasteiger partial charge >= 0.3 is 0 Å². The predicted octanol–water partition coefficient (Wildman–Crippen LogP) is 1.99. The second kappa shape index (κ2) is 6.19. The van der Waals surface area contributed by atoms with Gasteiger partial charge in [0, 0.05) is 24.7 Å². The van der Waals surface area contributed by atoms with E-state index in [2.05, 4.69) is 25.9 Å². The van der Waals surface area contributed by atoms with Gasteiger partial charge < -0.3 is 16.0 Å². The van der Waals surface area contributed by atoms with E-state index >= 15 is 0 Å². The summed E-state index contributed by atoms with van der Waals surface area (Å²) in [6.45, 7) is 2.09. The zero-order valence-corrected chi connectivity index (χ0v) is 11.4. The van der Waals surface area contributed by atoms with E-state index in [1.54, 1.807) is 6.33 Å². The van der Waals surface area contributed by atoms with E-state index in [4.69, 9.17) is 0 Å². The van der Waals surface area contributed by atoms with Crippen molar-refractivity contribution < 1.29 is 0 Å². The van der Waals surface area contributed by atoms with Crippen LogP contribution in [0.2, 0.25) is 0 Å². The summed E-state index contributed by atoms with van der Waals surface area (Å²) >= 11 is 0. The van der Waals surface area contributed by atoms with Crippen molar-refractivity contribution in [2.24, 2.45) is 0 Å². The molecule has 0 bridgehead atoms. The first-order valence-electron chi connectivity index (χ1n) is 7.46. The van der Waals surface area contributed by atoms with Crippen LogP contribution in [0.1, 0.15) is 38.5 Å². The fraction of sp³-hybridized carbons (Fsp3) is 0.714. The molecule has 2 aliphatic rings. The average Bonchev–Trinajstić information content (AvgIpc) is 3.10. The molecule has 2 fully saturated rings. The van der Waals surface area contributed by atoms with Gasteiger partial charge in [-0.15, -0.1) is 0 Å². The lowest BCUT2D eigenvalue weighted by Gasteiger charge is -2.15. The summed E-state index contributed by atoms with van der Waals surface area (Å²) in [5.41, 5.74) is 0. The number of aromatic nitrogens is 2. The van der Waals surface area contributed by atoms with Crippen LogP contribution in [0.5, 0.6) is 0 Å². The van der Waals surface area contributed by atoms with Crippen LogP contribution in [0.4, 0.5) is 11.6 Å². The normalized spacial score (nSPS) is 23.7. The summed E-state index contributed by atoms with van der Waals surface area (Å²) < 4.78 is 0. The lowest BCUT2D eigenvalue weighted by Crippen LogP contribution is -2.29. The molecule has 5 nitrogen and oxygen atoms in total. The first-order chi connectivity index (χ1) is 9.40. The number of anilines is 2. The second-order valence-corrected chi connectivity index (χ2v) is 5.59. The van der Waals surface area contributed by atoms with Crippen molar-refractivity contribution >= 4 is 11.6 Å². The number of hydrogen-bond donors (Lipinski definition) is 3. The Hall–Kier alpha value is -1.36. The summed E-state index contributed by atoms with van der Waals surface area (Å²) in [6, 6.07) is 3.20. The van der Waals surface area contributed by atoms with Gasteiger partial charge in [-0.2, -0.15) is 0 Å². The molecule has 1 aromatic rings. The topological polar surface area (TPSA) is 61.9 Å². The van der Waals surface area contributed by atoms with Crippen LogP contribution >= 0.6 is 0 Å². The van der Waals surface area contributed by atoms with Crippen LogP contribution in [0.3, 0.4) is 0 Å². The monoisotopic (exact) mass is 261 g/mol. The number of nitrogens with one attached hydrogen (secondary N) is 3. The van der Waals surface area contributed by atoms with Crippen LogP contribution in [0.25, 0.3) is 0 Å². The molecule has 1 saturated carbocycles. The number of hydrogen-bond acceptors (Lipinski definition) is 5. The van der Waals surface area contributed by atoms with Crippen molar-refractivity contribution in [2.75, 3.05) is 23.7 Å². The van der Waals surface area contributed by atoms with Gasteiger partial charge in [0.15, 0.2) is 0 Å². The lowest BCUT2D eigenvalue weighted by atomic mass is 10.2. The molecular weight excluding hydrogens is 238 g/mol. The molecule has 3 rings (SSSR count). The summed E-state index contributed by atoms with van der Waals surface area (Å²) in [4.78, 5) is 8.59. The Bertz CT molecular complexity index is 397. The Balaban J connectivity index is 1.52. The number of rotatable bonds is 5. The lowest BCUT2D eigenvalue weighted by molar-refractivity contribution is 0.632. The molecule has 19 heavy (non-hydrogen) atoms. The molecule has 0 amide bonds. The molecule has 0 aromatic carbocycles. The minimum absolute atomic E-state index is 0.584. The fourth-order valence-electron chi connectivity index (χ4n) is 2.97. The summed E-state index contributed by atoms with van der Waals surface area (Å²) in [5.74, 6) is 1.87. The minimum atomic E-state index is 0.584. The highest BCUT2D eigenvalue weighted by molar-refractivity contribution is 5.47. The smallest absolute Gasteiger partial charge is 0.131 e. The van der Waals surface area contributed by atoms with E-state index in [0.717, 1.165) is 24.7 Å². The molecule has 5 heteroatoms. The number of nitrogens with zero attached hydrogens (tertiary/aromatic N) is 2. The molecular formula is C14H23N5. The van der Waals surface area contributed by atoms with Gasteiger partial charge in [-0.3, -0.25) is 0 Å². The highest BCUT2D eigenvalue weighted by Crippen LogP contribution is 2.21. The van der Waals surface area contributed by atoms with Crippen molar-refractivity contribution in [1.29, 1.82) is 0 Å². The van der Waals surface area contributed by atoms with Gasteiger partial charge in [-0.05, 0) is 32.2 Å². The van der Waals surface area contributed by atoms with E-state index in [1.165, 1.54) is 38.5 Å². The van der Waals surface area contributed by atoms with Crippen LogP contribution in [-0.4, -0.2) is 35.1 Å². The highest BCUT2D eigenvalue weighted by Gasteiger charge is 2.16. The minimum Gasteiger partial charge on any atom is -0.368 e. The Kier molecular flexibility index (Phi) is 4.13. The first kappa shape index (κ1) is 12.7. The van der Waals surface area contributed by atoms with E-state index in [0.29, 0.717) is 12.1 Å². The molecule has 1 saturated heterocycles. The third-order valence-corrected chi connectivity index (χ3v) is 4.07. The predicted molar refractivity (Wildman–Crippen MR) is 77.4 cm³/mol. The third kappa shape index (κ3) is 3.56. The average molecular weight is 261 g/mol. The molecule has 1 atom stereocenters. The van der Waals surface area contributed by atoms with Crippen LogP contribution in [-0.2, 0) is 0 Å². The van der Waals surface area contributed by atoms with Crippen LogP contribution < -0.4 is 16.0 Å². The maximum absolute atomic E-state index is 4.30. The van der Waals surface area contributed by atoms with Crippen molar-refractivity contribution in [2.45, 2.75) is 50.6 Å². The van der Waals surface area contributed by atoms with Crippen molar-refractivity contribution in [1.82, 2.24) is 15.3 Å². The van der Waals surface area contributed by atoms with Gasteiger partial charge in [-0.25, -0.2) is 9.97 Å². The molecule has 2 heterocycles. The molecule has 1 aliphatic carbocycles. The molecule has 0 radical (unpaired) electrons. The van der Waals surface area contributed by atoms with Crippen LogP contribution in [0.15, 0.2) is 12.4 Å². The van der Waals surface area contributed by atoms with Gasteiger partial charge in [0.2, 0.25) is 0 Å². The molecule has 1 unspecified atom stereocenters. The third-order valence-electron chi connectivity index (χ3n) is 4.07. The molecule has 3 N–H and O–H groups in total. The Morgan fingerprint density at radius 3 is 2.74 bits per heavy atom. The zero-order chi connectivity index (χ0) is 12.9. The SMILES string of the molecule is c1nc(NCC2CCCN2)cc(NC2CCCC2)n1. The maximum Gasteiger partial charge on any atom is 0.131 e. The maximum atomic E-state index is 4.30. The van der Waals surface area contributed by atoms with Gasteiger partial charge in [0.05, 0.1) is 0 Å². The molecule has 104 valence electrons. The van der Waals surface area contributed by atoms with Crippen molar-refractivity contribution in [3.05, 3.63) is 12.4 Å². The van der Waals surface area contributed by atoms with E-state index < -0.39 is 0 Å². The van der Waals surface area contributed by atoms with E-state index in [9.17, 15) is 0 Å². The first-order valence-corrected chi connectivity index (χ1v) is 7.46. The summed E-state index contributed by atoms with van der Waals surface area (Å²) in [7, 11) is 0. The Labute approximate surface area is 114 Å². The summed E-state index contributed by atoms with van der Waals surface area (Å²) in [6.07, 6.45) is 9.37. The Morgan fingerprint density at radius 1 is 1.11 bits per heavy atom. The highest BCUT2D eigenvalue weighted by atomic mass is 15.1. The molecule has 1 aliphatic heterocycles. The second-order valence-electron chi connectivity index (χ2n) is 5.59.